The molecular formula is C16H8F2N2O3S. The summed E-state index contributed by atoms with van der Waals surface area (Å²) < 4.78 is 51.3. The molecule has 0 unspecified atom stereocenters. The molecule has 0 atom stereocenters. The van der Waals surface area contributed by atoms with Crippen molar-refractivity contribution in [2.45, 2.75) is 9.79 Å². The van der Waals surface area contributed by atoms with Gasteiger partial charge in [0.1, 0.15) is 4.90 Å². The van der Waals surface area contributed by atoms with Crippen LogP contribution >= 0.6 is 0 Å². The molecule has 5 nitrogen and oxygen atoms in total. The molecule has 3 rings (SSSR count). The Kier molecular flexibility index (Phi) is 3.66. The number of nitriles is 1. The molecule has 0 fully saturated rings. The van der Waals surface area contributed by atoms with E-state index in [4.69, 9.17) is 5.26 Å². The highest BCUT2D eigenvalue weighted by Gasteiger charge is 2.23. The molecule has 0 aliphatic heterocycles. The van der Waals surface area contributed by atoms with Gasteiger partial charge in [0.05, 0.1) is 22.0 Å². The third-order valence-electron chi connectivity index (χ3n) is 3.47. The maximum Gasteiger partial charge on any atom is 0.212 e. The zero-order chi connectivity index (χ0) is 17.5. The Hall–Kier alpha value is -3.05. The minimum absolute atomic E-state index is 0.0673. The predicted molar refractivity (Wildman–Crippen MR) is 81.1 cm³/mol. The van der Waals surface area contributed by atoms with Crippen molar-refractivity contribution in [1.82, 2.24) is 4.98 Å². The largest absolute Gasteiger partial charge is 0.360 e. The van der Waals surface area contributed by atoms with Crippen LogP contribution in [0.5, 0.6) is 0 Å². The number of aromatic nitrogens is 1. The van der Waals surface area contributed by atoms with Gasteiger partial charge in [0.2, 0.25) is 15.3 Å². The Morgan fingerprint density at radius 1 is 1.04 bits per heavy atom. The number of pyridine rings is 1. The Balaban J connectivity index is 2.25. The number of fused-ring (bicyclic) bond motifs is 1. The van der Waals surface area contributed by atoms with Gasteiger partial charge in [0.15, 0.2) is 11.6 Å². The number of H-pyrrole nitrogens is 1. The van der Waals surface area contributed by atoms with Gasteiger partial charge >= 0.3 is 0 Å². The molecule has 2 aromatic carbocycles. The van der Waals surface area contributed by atoms with Crippen molar-refractivity contribution in [2.75, 3.05) is 0 Å². The summed E-state index contributed by atoms with van der Waals surface area (Å²) in [6, 6.07) is 8.10. The van der Waals surface area contributed by atoms with Gasteiger partial charge in [-0.05, 0) is 36.4 Å². The quantitative estimate of drug-likeness (QED) is 0.722. The number of nitrogens with one attached hydrogen (secondary N) is 1. The molecule has 3 aromatic rings. The molecule has 1 N–H and O–H groups in total. The van der Waals surface area contributed by atoms with Crippen LogP contribution in [-0.4, -0.2) is 13.4 Å². The van der Waals surface area contributed by atoms with Crippen LogP contribution in [0.25, 0.3) is 10.9 Å². The zero-order valence-electron chi connectivity index (χ0n) is 11.9. The van der Waals surface area contributed by atoms with Crippen LogP contribution in [0, 0.1) is 23.0 Å². The molecule has 1 heterocycles. The highest BCUT2D eigenvalue weighted by Crippen LogP contribution is 2.21. The lowest BCUT2D eigenvalue weighted by atomic mass is 10.1. The summed E-state index contributed by atoms with van der Waals surface area (Å²) in [5, 5.41) is 8.91. The van der Waals surface area contributed by atoms with E-state index in [2.05, 4.69) is 4.98 Å². The summed E-state index contributed by atoms with van der Waals surface area (Å²) in [7, 11) is -4.33. The van der Waals surface area contributed by atoms with Crippen molar-refractivity contribution < 1.29 is 17.2 Å². The summed E-state index contributed by atoms with van der Waals surface area (Å²) in [5.41, 5.74) is -0.198. The SMILES string of the molecule is N#Cc1ccc2c(=O)c(S(=O)(=O)c3ccc(F)c(F)c3)c[nH]c2c1. The predicted octanol–water partition coefficient (Wildman–Crippen LogP) is 2.51. The Labute approximate surface area is 134 Å². The third kappa shape index (κ3) is 2.45. The average molecular weight is 346 g/mol. The van der Waals surface area contributed by atoms with Gasteiger partial charge in [0.25, 0.3) is 0 Å². The van der Waals surface area contributed by atoms with Gasteiger partial charge < -0.3 is 4.98 Å². The highest BCUT2D eigenvalue weighted by atomic mass is 32.2. The summed E-state index contributed by atoms with van der Waals surface area (Å²) in [6.45, 7) is 0. The van der Waals surface area contributed by atoms with Crippen molar-refractivity contribution in [2.24, 2.45) is 0 Å². The average Bonchev–Trinajstić information content (AvgIpc) is 2.56. The van der Waals surface area contributed by atoms with Crippen molar-refractivity contribution in [3.8, 4) is 6.07 Å². The second kappa shape index (κ2) is 5.54. The molecule has 1 aromatic heterocycles. The molecule has 0 aliphatic carbocycles. The fourth-order valence-corrected chi connectivity index (χ4v) is 3.57. The fourth-order valence-electron chi connectivity index (χ4n) is 2.24. The number of aromatic amines is 1. The Bertz CT molecular complexity index is 1180. The van der Waals surface area contributed by atoms with E-state index in [1.807, 2.05) is 6.07 Å². The normalized spacial score (nSPS) is 11.4. The third-order valence-corrected chi connectivity index (χ3v) is 5.22. The molecule has 0 spiro atoms. The smallest absolute Gasteiger partial charge is 0.212 e. The van der Waals surface area contributed by atoms with Gasteiger partial charge in [-0.15, -0.1) is 0 Å². The van der Waals surface area contributed by atoms with Gasteiger partial charge in [-0.2, -0.15) is 5.26 Å². The van der Waals surface area contributed by atoms with E-state index < -0.39 is 36.7 Å². The summed E-state index contributed by atoms with van der Waals surface area (Å²) in [5.74, 6) is -2.52. The summed E-state index contributed by atoms with van der Waals surface area (Å²) in [4.78, 5) is 14.0. The van der Waals surface area contributed by atoms with E-state index in [0.29, 0.717) is 23.2 Å². The van der Waals surface area contributed by atoms with E-state index in [-0.39, 0.29) is 5.39 Å². The first-order valence-electron chi connectivity index (χ1n) is 6.60. The van der Waals surface area contributed by atoms with E-state index in [1.54, 1.807) is 0 Å². The lowest BCUT2D eigenvalue weighted by molar-refractivity contribution is 0.504. The lowest BCUT2D eigenvalue weighted by Crippen LogP contribution is -2.16. The zero-order valence-corrected chi connectivity index (χ0v) is 12.7. The van der Waals surface area contributed by atoms with Gasteiger partial charge in [-0.1, -0.05) is 0 Å². The molecule has 0 saturated carbocycles. The first kappa shape index (κ1) is 15.8. The van der Waals surface area contributed by atoms with E-state index in [9.17, 15) is 22.0 Å². The van der Waals surface area contributed by atoms with Crippen molar-refractivity contribution in [1.29, 1.82) is 5.26 Å². The van der Waals surface area contributed by atoms with Gasteiger partial charge in [0, 0.05) is 11.6 Å². The van der Waals surface area contributed by atoms with Crippen molar-refractivity contribution in [3.05, 3.63) is 70.0 Å². The Morgan fingerprint density at radius 2 is 1.79 bits per heavy atom. The minimum Gasteiger partial charge on any atom is -0.360 e. The van der Waals surface area contributed by atoms with Gasteiger partial charge in [-0.3, -0.25) is 4.79 Å². The molecule has 24 heavy (non-hydrogen) atoms. The maximum absolute atomic E-state index is 13.3. The van der Waals surface area contributed by atoms with E-state index in [0.717, 1.165) is 12.3 Å². The number of rotatable bonds is 2. The number of nitrogens with zero attached hydrogens (tertiary/aromatic N) is 1. The Morgan fingerprint density at radius 3 is 2.46 bits per heavy atom. The first-order chi connectivity index (χ1) is 11.3. The van der Waals surface area contributed by atoms with Crippen LogP contribution in [0.4, 0.5) is 8.78 Å². The number of hydrogen-bond donors (Lipinski definition) is 1. The van der Waals surface area contributed by atoms with E-state index >= 15 is 0 Å². The molecule has 120 valence electrons. The van der Waals surface area contributed by atoms with Crippen LogP contribution in [0.15, 0.2) is 57.2 Å². The number of benzene rings is 2. The second-order valence-corrected chi connectivity index (χ2v) is 6.85. The number of hydrogen-bond acceptors (Lipinski definition) is 4. The van der Waals surface area contributed by atoms with E-state index in [1.165, 1.54) is 18.2 Å². The second-order valence-electron chi connectivity index (χ2n) is 4.93. The summed E-state index contributed by atoms with van der Waals surface area (Å²) >= 11 is 0. The minimum atomic E-state index is -4.33. The van der Waals surface area contributed by atoms with Crippen LogP contribution in [-0.2, 0) is 9.84 Å². The standard InChI is InChI=1S/C16H8F2N2O3S/c17-12-4-2-10(6-13(12)18)24(22,23)15-8-20-14-5-9(7-19)1-3-11(14)16(15)21/h1-6,8H,(H,20,21). The molecule has 0 bridgehead atoms. The maximum atomic E-state index is 13.3. The van der Waals surface area contributed by atoms with Crippen molar-refractivity contribution >= 4 is 20.7 Å². The summed E-state index contributed by atoms with van der Waals surface area (Å²) in [6.07, 6.45) is 0.975. The highest BCUT2D eigenvalue weighted by molar-refractivity contribution is 7.91. The van der Waals surface area contributed by atoms with Crippen molar-refractivity contribution in [3.63, 3.8) is 0 Å². The molecular weight excluding hydrogens is 338 g/mol. The van der Waals surface area contributed by atoms with Crippen LogP contribution < -0.4 is 5.43 Å². The lowest BCUT2D eigenvalue weighted by Gasteiger charge is -2.06. The molecule has 8 heteroatoms. The molecule has 0 amide bonds. The van der Waals surface area contributed by atoms with Crippen LogP contribution in [0.3, 0.4) is 0 Å². The number of sulfone groups is 1. The molecule has 0 saturated heterocycles. The topological polar surface area (TPSA) is 90.8 Å². The molecule has 0 radical (unpaired) electrons. The van der Waals surface area contributed by atoms with Crippen LogP contribution in [0.2, 0.25) is 0 Å². The first-order valence-corrected chi connectivity index (χ1v) is 8.08. The monoisotopic (exact) mass is 346 g/mol. The molecule has 0 aliphatic rings. The van der Waals surface area contributed by atoms with Crippen LogP contribution in [0.1, 0.15) is 5.56 Å². The fraction of sp³-hybridized carbons (Fsp3) is 0. The van der Waals surface area contributed by atoms with Gasteiger partial charge in [-0.25, -0.2) is 17.2 Å². The number of halogens is 2.